The molecule has 0 aliphatic rings. The first-order valence-electron chi connectivity index (χ1n) is 6.12. The molecule has 2 rings (SSSR count). The van der Waals surface area contributed by atoms with E-state index in [1.54, 1.807) is 31.3 Å². The zero-order chi connectivity index (χ0) is 14.5. The van der Waals surface area contributed by atoms with Gasteiger partial charge >= 0.3 is 0 Å². The first-order valence-corrected chi connectivity index (χ1v) is 6.12. The lowest BCUT2D eigenvalue weighted by Crippen LogP contribution is -2.02. The summed E-state index contributed by atoms with van der Waals surface area (Å²) in [5.74, 6) is 0.605. The van der Waals surface area contributed by atoms with Crippen LogP contribution >= 0.6 is 0 Å². The third kappa shape index (κ3) is 3.10. The number of nitrogens with two attached hydrogens (primary N) is 1. The van der Waals surface area contributed by atoms with Gasteiger partial charge in [0.05, 0.1) is 16.8 Å². The summed E-state index contributed by atoms with van der Waals surface area (Å²) in [6.07, 6.45) is 1.59. The van der Waals surface area contributed by atoms with Gasteiger partial charge in [0.1, 0.15) is 12.4 Å². The van der Waals surface area contributed by atoms with E-state index in [1.165, 1.54) is 6.07 Å². The minimum Gasteiger partial charge on any atom is -0.487 e. The van der Waals surface area contributed by atoms with E-state index >= 15 is 0 Å². The van der Waals surface area contributed by atoms with Crippen molar-refractivity contribution in [3.05, 3.63) is 63.5 Å². The Labute approximate surface area is 116 Å². The van der Waals surface area contributed by atoms with E-state index in [2.05, 4.69) is 4.98 Å². The van der Waals surface area contributed by atoms with Crippen LogP contribution in [0.5, 0.6) is 5.75 Å². The average Bonchev–Trinajstić information content (AvgIpc) is 2.46. The fourth-order valence-electron chi connectivity index (χ4n) is 1.80. The fraction of sp³-hybridized carbons (Fsp3) is 0.214. The average molecular weight is 273 g/mol. The van der Waals surface area contributed by atoms with Crippen LogP contribution in [0.1, 0.15) is 16.8 Å². The number of hydrogen-bond acceptors (Lipinski definition) is 5. The Balaban J connectivity index is 2.10. The van der Waals surface area contributed by atoms with Crippen LogP contribution in [-0.4, -0.2) is 9.91 Å². The van der Waals surface area contributed by atoms with Crippen molar-refractivity contribution in [2.75, 3.05) is 0 Å². The molecule has 2 N–H and O–H groups in total. The molecule has 20 heavy (non-hydrogen) atoms. The van der Waals surface area contributed by atoms with Crippen LogP contribution in [0.25, 0.3) is 0 Å². The summed E-state index contributed by atoms with van der Waals surface area (Å²) in [6, 6.07) is 8.51. The van der Waals surface area contributed by atoms with Gasteiger partial charge in [0, 0.05) is 18.2 Å². The third-order valence-corrected chi connectivity index (χ3v) is 3.02. The SMILES string of the molecule is Cc1c(COc2ccc(CN)nc2)cccc1[N+](=O)[O-]. The quantitative estimate of drug-likeness (QED) is 0.666. The van der Waals surface area contributed by atoms with Gasteiger partial charge in [-0.2, -0.15) is 0 Å². The molecule has 0 spiro atoms. The number of nitro benzene ring substituents is 1. The smallest absolute Gasteiger partial charge is 0.272 e. The summed E-state index contributed by atoms with van der Waals surface area (Å²) in [7, 11) is 0. The summed E-state index contributed by atoms with van der Waals surface area (Å²) in [5.41, 5.74) is 7.74. The highest BCUT2D eigenvalue weighted by Gasteiger charge is 2.13. The van der Waals surface area contributed by atoms with E-state index < -0.39 is 4.92 Å². The molecule has 0 saturated heterocycles. The highest BCUT2D eigenvalue weighted by molar-refractivity contribution is 5.44. The Morgan fingerprint density at radius 3 is 2.75 bits per heavy atom. The molecule has 0 saturated carbocycles. The van der Waals surface area contributed by atoms with Gasteiger partial charge in [-0.1, -0.05) is 12.1 Å². The minimum absolute atomic E-state index is 0.0997. The van der Waals surface area contributed by atoms with Gasteiger partial charge in [0.25, 0.3) is 5.69 Å². The first kappa shape index (κ1) is 14.0. The molecule has 0 aliphatic heterocycles. The normalized spacial score (nSPS) is 10.3. The van der Waals surface area contributed by atoms with Crippen LogP contribution in [0.3, 0.4) is 0 Å². The summed E-state index contributed by atoms with van der Waals surface area (Å²) < 4.78 is 5.58. The highest BCUT2D eigenvalue weighted by Crippen LogP contribution is 2.22. The lowest BCUT2D eigenvalue weighted by Gasteiger charge is -2.09. The predicted molar refractivity (Wildman–Crippen MR) is 74.3 cm³/mol. The third-order valence-electron chi connectivity index (χ3n) is 3.02. The second-order valence-corrected chi connectivity index (χ2v) is 4.30. The summed E-state index contributed by atoms with van der Waals surface area (Å²) in [6.45, 7) is 2.36. The van der Waals surface area contributed by atoms with E-state index in [-0.39, 0.29) is 12.3 Å². The predicted octanol–water partition coefficient (Wildman–Crippen LogP) is 2.34. The molecule has 0 unspecified atom stereocenters. The van der Waals surface area contributed by atoms with Crippen molar-refractivity contribution in [2.45, 2.75) is 20.1 Å². The molecule has 104 valence electrons. The maximum Gasteiger partial charge on any atom is 0.272 e. The van der Waals surface area contributed by atoms with Gasteiger partial charge in [-0.05, 0) is 24.6 Å². The molecule has 0 radical (unpaired) electrons. The zero-order valence-electron chi connectivity index (χ0n) is 11.1. The van der Waals surface area contributed by atoms with Gasteiger partial charge in [0.15, 0.2) is 0 Å². The van der Waals surface area contributed by atoms with Gasteiger partial charge < -0.3 is 10.5 Å². The number of rotatable bonds is 5. The van der Waals surface area contributed by atoms with Gasteiger partial charge in [-0.15, -0.1) is 0 Å². The molecule has 1 aromatic carbocycles. The fourth-order valence-corrected chi connectivity index (χ4v) is 1.80. The lowest BCUT2D eigenvalue weighted by atomic mass is 10.1. The van der Waals surface area contributed by atoms with E-state index in [9.17, 15) is 10.1 Å². The molecular weight excluding hydrogens is 258 g/mol. The molecule has 1 aromatic heterocycles. The summed E-state index contributed by atoms with van der Waals surface area (Å²) >= 11 is 0. The van der Waals surface area contributed by atoms with Crippen LogP contribution in [0.2, 0.25) is 0 Å². The molecule has 0 fully saturated rings. The van der Waals surface area contributed by atoms with Gasteiger partial charge in [-0.3, -0.25) is 15.1 Å². The maximum absolute atomic E-state index is 10.9. The van der Waals surface area contributed by atoms with E-state index in [1.807, 2.05) is 6.07 Å². The van der Waals surface area contributed by atoms with Crippen molar-refractivity contribution in [3.8, 4) is 5.75 Å². The van der Waals surface area contributed by atoms with E-state index in [0.717, 1.165) is 11.3 Å². The van der Waals surface area contributed by atoms with Gasteiger partial charge in [0.2, 0.25) is 0 Å². The van der Waals surface area contributed by atoms with E-state index in [4.69, 9.17) is 10.5 Å². The van der Waals surface area contributed by atoms with Crippen molar-refractivity contribution >= 4 is 5.69 Å². The minimum atomic E-state index is -0.392. The standard InChI is InChI=1S/C14H15N3O3/c1-10-11(3-2-4-14(10)17(18)19)9-20-13-6-5-12(7-15)16-8-13/h2-6,8H,7,9,15H2,1H3. The van der Waals surface area contributed by atoms with Crippen LogP contribution in [-0.2, 0) is 13.2 Å². The molecule has 6 nitrogen and oxygen atoms in total. The van der Waals surface area contributed by atoms with E-state index in [0.29, 0.717) is 17.9 Å². The molecule has 0 atom stereocenters. The Bertz CT molecular complexity index is 612. The maximum atomic E-state index is 10.9. The molecule has 0 bridgehead atoms. The number of nitrogens with zero attached hydrogens (tertiary/aromatic N) is 2. The summed E-state index contributed by atoms with van der Waals surface area (Å²) in [4.78, 5) is 14.6. The number of hydrogen-bond donors (Lipinski definition) is 1. The van der Waals surface area contributed by atoms with Crippen molar-refractivity contribution < 1.29 is 9.66 Å². The summed E-state index contributed by atoms with van der Waals surface area (Å²) in [5, 5.41) is 10.9. The van der Waals surface area contributed by atoms with Crippen molar-refractivity contribution in [1.82, 2.24) is 4.98 Å². The van der Waals surface area contributed by atoms with Crippen molar-refractivity contribution in [3.63, 3.8) is 0 Å². The number of pyridine rings is 1. The number of nitro groups is 1. The second-order valence-electron chi connectivity index (χ2n) is 4.30. The molecule has 1 heterocycles. The lowest BCUT2D eigenvalue weighted by molar-refractivity contribution is -0.385. The Hall–Kier alpha value is -2.47. The Morgan fingerprint density at radius 1 is 1.35 bits per heavy atom. The van der Waals surface area contributed by atoms with Crippen LogP contribution < -0.4 is 10.5 Å². The van der Waals surface area contributed by atoms with Gasteiger partial charge in [-0.25, -0.2) is 0 Å². The monoisotopic (exact) mass is 273 g/mol. The molecule has 0 amide bonds. The van der Waals surface area contributed by atoms with Crippen LogP contribution in [0, 0.1) is 17.0 Å². The molecule has 2 aromatic rings. The molecule has 6 heteroatoms. The van der Waals surface area contributed by atoms with Crippen molar-refractivity contribution in [1.29, 1.82) is 0 Å². The number of aromatic nitrogens is 1. The number of benzene rings is 1. The Kier molecular flexibility index (Phi) is 4.27. The van der Waals surface area contributed by atoms with Crippen LogP contribution in [0.15, 0.2) is 36.5 Å². The second kappa shape index (κ2) is 6.12. The number of ether oxygens (including phenoxy) is 1. The molecular formula is C14H15N3O3. The van der Waals surface area contributed by atoms with Crippen molar-refractivity contribution in [2.24, 2.45) is 5.73 Å². The topological polar surface area (TPSA) is 91.3 Å². The highest BCUT2D eigenvalue weighted by atomic mass is 16.6. The molecule has 0 aliphatic carbocycles. The zero-order valence-corrected chi connectivity index (χ0v) is 11.1. The largest absolute Gasteiger partial charge is 0.487 e. The first-order chi connectivity index (χ1) is 9.61. The Morgan fingerprint density at radius 2 is 2.15 bits per heavy atom. The van der Waals surface area contributed by atoms with Crippen LogP contribution in [0.4, 0.5) is 5.69 Å².